The van der Waals surface area contributed by atoms with Crippen molar-refractivity contribution in [3.63, 3.8) is 0 Å². The number of nitrogens with zero attached hydrogens (tertiary/aromatic N) is 2. The molecule has 3 heterocycles. The number of pyridine rings is 1. The van der Waals surface area contributed by atoms with Gasteiger partial charge in [0.2, 0.25) is 27.7 Å². The molecule has 1 aromatic heterocycles. The topological polar surface area (TPSA) is 173 Å². The molecule has 3 N–H and O–H groups in total. The lowest BCUT2D eigenvalue weighted by Gasteiger charge is -2.30. The number of ether oxygens (including phenoxy) is 2. The van der Waals surface area contributed by atoms with Gasteiger partial charge in [0.05, 0.1) is 11.8 Å². The van der Waals surface area contributed by atoms with Crippen LogP contribution in [0.4, 0.5) is 4.79 Å². The Morgan fingerprint density at radius 1 is 1.00 bits per heavy atom. The van der Waals surface area contributed by atoms with Gasteiger partial charge in [0.25, 0.3) is 5.91 Å². The SMILES string of the molecule is CC(C)(C)OC(=O)N[C@H]1CCCCCC=C[C@@H]2C[C@@]2(C(=O)NS(=O)(=O)C2CC2)NC(=O)[C@@H]2C[C@@H](Oc3nc4c(c5ccccc35)CCCC4)CN2C1=O. The van der Waals surface area contributed by atoms with Crippen molar-refractivity contribution in [3.05, 3.63) is 47.7 Å². The van der Waals surface area contributed by atoms with Crippen molar-refractivity contribution < 1.29 is 37.1 Å². The fraction of sp³-hybridized carbons (Fsp3) is 0.615. The second-order valence-corrected chi connectivity index (χ2v) is 18.2. The first kappa shape index (κ1) is 37.1. The molecule has 1 aromatic carbocycles. The molecule has 1 saturated heterocycles. The van der Waals surface area contributed by atoms with Crippen LogP contribution in [0.5, 0.6) is 5.88 Å². The fourth-order valence-electron chi connectivity index (χ4n) is 7.96. The molecule has 3 fully saturated rings. The zero-order valence-electron chi connectivity index (χ0n) is 30.8. The van der Waals surface area contributed by atoms with E-state index in [0.717, 1.165) is 55.0 Å². The number of alkyl carbamates (subject to hydrolysis) is 1. The van der Waals surface area contributed by atoms with Crippen LogP contribution in [-0.2, 0) is 42.0 Å². The Hall–Kier alpha value is -4.20. The summed E-state index contributed by atoms with van der Waals surface area (Å²) in [6.45, 7) is 5.26. The van der Waals surface area contributed by atoms with Crippen LogP contribution in [0.15, 0.2) is 36.4 Å². The van der Waals surface area contributed by atoms with Crippen molar-refractivity contribution in [2.24, 2.45) is 5.92 Å². The third-order valence-electron chi connectivity index (χ3n) is 11.0. The summed E-state index contributed by atoms with van der Waals surface area (Å²) in [6, 6.07) is 5.93. The lowest BCUT2D eigenvalue weighted by Crippen LogP contribution is -2.58. The Kier molecular flexibility index (Phi) is 10.2. The molecular formula is C39H51N5O8S. The second-order valence-electron chi connectivity index (χ2n) is 16.3. The number of hydrogen-bond acceptors (Lipinski definition) is 9. The van der Waals surface area contributed by atoms with E-state index in [0.29, 0.717) is 38.0 Å². The zero-order chi connectivity index (χ0) is 37.5. The van der Waals surface area contributed by atoms with Gasteiger partial charge in [-0.1, -0.05) is 43.2 Å². The van der Waals surface area contributed by atoms with E-state index in [1.165, 1.54) is 10.5 Å². The smallest absolute Gasteiger partial charge is 0.408 e. The van der Waals surface area contributed by atoms with Crippen LogP contribution < -0.4 is 20.1 Å². The first-order chi connectivity index (χ1) is 25.2. The Bertz CT molecular complexity index is 1920. The summed E-state index contributed by atoms with van der Waals surface area (Å²) in [7, 11) is -3.88. The maximum atomic E-state index is 14.5. The van der Waals surface area contributed by atoms with Gasteiger partial charge in [-0.15, -0.1) is 0 Å². The number of sulfonamides is 1. The highest BCUT2D eigenvalue weighted by Gasteiger charge is 2.62. The second kappa shape index (κ2) is 14.6. The van der Waals surface area contributed by atoms with Crippen molar-refractivity contribution in [1.29, 1.82) is 0 Å². The number of allylic oxidation sites excluding steroid dienone is 1. The first-order valence-corrected chi connectivity index (χ1v) is 20.7. The normalized spacial score (nSPS) is 28.0. The van der Waals surface area contributed by atoms with Crippen molar-refractivity contribution in [2.45, 2.75) is 139 Å². The molecule has 0 radical (unpaired) electrons. The van der Waals surface area contributed by atoms with E-state index in [2.05, 4.69) is 21.4 Å². The maximum absolute atomic E-state index is 14.5. The summed E-state index contributed by atoms with van der Waals surface area (Å²) in [4.78, 5) is 62.1. The van der Waals surface area contributed by atoms with E-state index in [9.17, 15) is 27.6 Å². The van der Waals surface area contributed by atoms with Crippen LogP contribution in [0.25, 0.3) is 10.8 Å². The number of fused-ring (bicyclic) bond motifs is 5. The molecule has 4 amide bonds. The van der Waals surface area contributed by atoms with Crippen molar-refractivity contribution >= 4 is 44.6 Å². The summed E-state index contributed by atoms with van der Waals surface area (Å²) >= 11 is 0. The summed E-state index contributed by atoms with van der Waals surface area (Å²) in [5.41, 5.74) is -0.0468. The van der Waals surface area contributed by atoms with Gasteiger partial charge in [0, 0.05) is 23.4 Å². The molecule has 2 aromatic rings. The maximum Gasteiger partial charge on any atom is 0.408 e. The van der Waals surface area contributed by atoms with Crippen molar-refractivity contribution in [3.8, 4) is 5.88 Å². The van der Waals surface area contributed by atoms with Gasteiger partial charge in [0.15, 0.2) is 0 Å². The van der Waals surface area contributed by atoms with Gasteiger partial charge in [-0.3, -0.25) is 19.1 Å². The highest BCUT2D eigenvalue weighted by atomic mass is 32.2. The summed E-state index contributed by atoms with van der Waals surface area (Å²) in [5, 5.41) is 7.01. The molecule has 0 unspecified atom stereocenters. The zero-order valence-corrected chi connectivity index (χ0v) is 31.6. The summed E-state index contributed by atoms with van der Waals surface area (Å²) in [5.74, 6) is -1.78. The lowest BCUT2D eigenvalue weighted by atomic mass is 9.92. The largest absolute Gasteiger partial charge is 0.472 e. The van der Waals surface area contributed by atoms with Gasteiger partial charge >= 0.3 is 6.09 Å². The van der Waals surface area contributed by atoms with Crippen LogP contribution in [0.1, 0.15) is 103 Å². The van der Waals surface area contributed by atoms with E-state index < -0.39 is 74.3 Å². The van der Waals surface area contributed by atoms with Crippen molar-refractivity contribution in [2.75, 3.05) is 6.54 Å². The van der Waals surface area contributed by atoms with Gasteiger partial charge in [0.1, 0.15) is 29.3 Å². The number of carbonyl (C=O) groups is 4. The third kappa shape index (κ3) is 8.17. The molecule has 0 spiro atoms. The number of nitrogens with one attached hydrogen (secondary N) is 3. The average Bonchev–Trinajstić information content (AvgIpc) is 4.03. The monoisotopic (exact) mass is 749 g/mol. The molecule has 14 heteroatoms. The molecule has 286 valence electrons. The Morgan fingerprint density at radius 3 is 2.51 bits per heavy atom. The van der Waals surface area contributed by atoms with Crippen molar-refractivity contribution in [1.82, 2.24) is 25.2 Å². The highest BCUT2D eigenvalue weighted by Crippen LogP contribution is 2.46. The molecule has 2 aliphatic heterocycles. The number of aromatic nitrogens is 1. The summed E-state index contributed by atoms with van der Waals surface area (Å²) < 4.78 is 40.1. The van der Waals surface area contributed by atoms with Gasteiger partial charge < -0.3 is 25.0 Å². The number of carbonyl (C=O) groups excluding carboxylic acids is 4. The predicted molar refractivity (Wildman–Crippen MR) is 197 cm³/mol. The minimum absolute atomic E-state index is 0.0368. The average molecular weight is 750 g/mol. The van der Waals surface area contributed by atoms with Gasteiger partial charge in [-0.2, -0.15) is 0 Å². The number of hydrogen-bond donors (Lipinski definition) is 3. The lowest BCUT2D eigenvalue weighted by molar-refractivity contribution is -0.141. The van der Waals surface area contributed by atoms with E-state index in [-0.39, 0.29) is 19.4 Å². The molecule has 3 aliphatic carbocycles. The van der Waals surface area contributed by atoms with E-state index in [1.807, 2.05) is 30.4 Å². The molecular weight excluding hydrogens is 699 g/mol. The molecule has 5 atom stereocenters. The molecule has 7 rings (SSSR count). The van der Waals surface area contributed by atoms with Crippen LogP contribution in [0, 0.1) is 5.92 Å². The molecule has 2 saturated carbocycles. The quantitative estimate of drug-likeness (QED) is 0.363. The van der Waals surface area contributed by atoms with E-state index in [1.54, 1.807) is 20.8 Å². The van der Waals surface area contributed by atoms with Crippen LogP contribution in [0.3, 0.4) is 0 Å². The number of amides is 4. The number of benzene rings is 1. The Morgan fingerprint density at radius 2 is 1.75 bits per heavy atom. The molecule has 0 bridgehead atoms. The van der Waals surface area contributed by atoms with E-state index >= 15 is 0 Å². The molecule has 5 aliphatic rings. The number of aryl methyl sites for hydroxylation is 2. The standard InChI is InChI=1S/C39H51N5O8S/c1-38(2,3)52-37(48)41-31-18-8-6-4-5-7-13-24-22-39(24,36(47)43-53(49,50)26-19-20-26)42-33(45)32-21-25(23-44(32)35(31)46)51-34-29-16-10-9-14-27(29)28-15-11-12-17-30(28)40-34/h7,9-10,13-14,16,24-26,31-32H,4-6,8,11-12,15,17-23H2,1-3H3,(H,41,48)(H,42,45)(H,43,47)/t24-,25-,31+,32+,39-/m1/s1. The van der Waals surface area contributed by atoms with Gasteiger partial charge in [-0.05, 0) is 102 Å². The van der Waals surface area contributed by atoms with Crippen LogP contribution >= 0.6 is 0 Å². The third-order valence-corrected chi connectivity index (χ3v) is 12.8. The van der Waals surface area contributed by atoms with Crippen LogP contribution in [-0.4, -0.2) is 83.2 Å². The van der Waals surface area contributed by atoms with Gasteiger partial charge in [-0.25, -0.2) is 18.2 Å². The fourth-order valence-corrected chi connectivity index (χ4v) is 9.33. The minimum Gasteiger partial charge on any atom is -0.472 e. The van der Waals surface area contributed by atoms with Crippen LogP contribution in [0.2, 0.25) is 0 Å². The Balaban J connectivity index is 1.20. The molecule has 13 nitrogen and oxygen atoms in total. The van der Waals surface area contributed by atoms with E-state index in [4.69, 9.17) is 14.5 Å². The molecule has 53 heavy (non-hydrogen) atoms. The first-order valence-electron chi connectivity index (χ1n) is 19.2. The minimum atomic E-state index is -3.88. The number of rotatable bonds is 6. The predicted octanol–water partition coefficient (Wildman–Crippen LogP) is 4.36. The highest BCUT2D eigenvalue weighted by molar-refractivity contribution is 7.91. The summed E-state index contributed by atoms with van der Waals surface area (Å²) in [6.07, 6.45) is 11.0. The Labute approximate surface area is 311 Å².